The molecule has 130 valence electrons. The van der Waals surface area contributed by atoms with Crippen LogP contribution in [0.15, 0.2) is 25.0 Å². The fraction of sp³-hybridized carbons (Fsp3) is 0.438. The topological polar surface area (TPSA) is 75.3 Å². The van der Waals surface area contributed by atoms with Crippen molar-refractivity contribution in [3.05, 3.63) is 36.6 Å². The molecule has 0 saturated carbocycles. The van der Waals surface area contributed by atoms with E-state index in [0.717, 1.165) is 24.6 Å². The van der Waals surface area contributed by atoms with E-state index < -0.39 is 0 Å². The van der Waals surface area contributed by atoms with Gasteiger partial charge in [-0.1, -0.05) is 13.8 Å². The normalized spacial score (nSPS) is 15.0. The molecule has 0 radical (unpaired) electrons. The molecular weight excluding hydrogens is 323 g/mol. The lowest BCUT2D eigenvalue weighted by molar-refractivity contribution is 0.477. The van der Waals surface area contributed by atoms with Gasteiger partial charge in [-0.15, -0.1) is 10.2 Å². The lowest BCUT2D eigenvalue weighted by Crippen LogP contribution is -2.59. The number of anilines is 2. The van der Waals surface area contributed by atoms with E-state index in [1.807, 2.05) is 36.4 Å². The molecule has 0 N–H and O–H groups in total. The second-order valence-corrected chi connectivity index (χ2v) is 6.53. The third kappa shape index (κ3) is 2.55. The first-order chi connectivity index (χ1) is 12.1. The van der Waals surface area contributed by atoms with Crippen molar-refractivity contribution in [3.8, 4) is 0 Å². The molecule has 1 saturated heterocycles. The molecule has 0 aromatic carbocycles. The maximum atomic E-state index is 14.7. The zero-order valence-electron chi connectivity index (χ0n) is 14.3. The number of hydrogen-bond acceptors (Lipinski definition) is 7. The van der Waals surface area contributed by atoms with Crippen LogP contribution in [-0.4, -0.2) is 55.7 Å². The largest absolute Gasteiger partial charge is 0.351 e. The number of rotatable bonds is 4. The number of likely N-dealkylation sites (N-methyl/N-ethyl adjacent to an activating group) is 1. The van der Waals surface area contributed by atoms with Crippen molar-refractivity contribution < 1.29 is 4.39 Å². The van der Waals surface area contributed by atoms with Crippen molar-refractivity contribution in [2.24, 2.45) is 0 Å². The van der Waals surface area contributed by atoms with Crippen molar-refractivity contribution in [2.45, 2.75) is 25.8 Å². The summed E-state index contributed by atoms with van der Waals surface area (Å²) >= 11 is 0. The molecule has 0 bridgehead atoms. The molecule has 25 heavy (non-hydrogen) atoms. The molecule has 9 heteroatoms. The molecule has 1 fully saturated rings. The van der Waals surface area contributed by atoms with Gasteiger partial charge in [0.2, 0.25) is 5.65 Å². The van der Waals surface area contributed by atoms with Gasteiger partial charge in [-0.3, -0.25) is 4.40 Å². The highest BCUT2D eigenvalue weighted by molar-refractivity contribution is 5.65. The lowest BCUT2D eigenvalue weighted by Gasteiger charge is -2.44. The fourth-order valence-electron chi connectivity index (χ4n) is 3.04. The van der Waals surface area contributed by atoms with Crippen LogP contribution in [0, 0.1) is 5.82 Å². The molecular formula is C16H19FN8. The summed E-state index contributed by atoms with van der Waals surface area (Å²) < 4.78 is 16.5. The van der Waals surface area contributed by atoms with Gasteiger partial charge in [-0.2, -0.15) is 0 Å². The van der Waals surface area contributed by atoms with E-state index in [9.17, 15) is 4.39 Å². The van der Waals surface area contributed by atoms with Gasteiger partial charge < -0.3 is 9.80 Å². The van der Waals surface area contributed by atoms with E-state index in [-0.39, 0.29) is 17.8 Å². The summed E-state index contributed by atoms with van der Waals surface area (Å²) in [5, 5.41) is 8.02. The van der Waals surface area contributed by atoms with E-state index >= 15 is 0 Å². The van der Waals surface area contributed by atoms with Gasteiger partial charge >= 0.3 is 0 Å². The fourth-order valence-corrected chi connectivity index (χ4v) is 3.04. The van der Waals surface area contributed by atoms with Crippen molar-refractivity contribution in [1.82, 2.24) is 29.5 Å². The molecule has 0 amide bonds. The Hall–Kier alpha value is -2.84. The Morgan fingerprint density at radius 3 is 2.80 bits per heavy atom. The number of halogens is 1. The van der Waals surface area contributed by atoms with Gasteiger partial charge in [0.05, 0.1) is 11.7 Å². The molecule has 1 aliphatic rings. The third-order valence-electron chi connectivity index (χ3n) is 4.59. The predicted molar refractivity (Wildman–Crippen MR) is 91.3 cm³/mol. The van der Waals surface area contributed by atoms with Crippen LogP contribution in [0.4, 0.5) is 16.0 Å². The summed E-state index contributed by atoms with van der Waals surface area (Å²) in [6.45, 7) is 5.28. The molecule has 1 aliphatic heterocycles. The Labute approximate surface area is 144 Å². The molecule has 3 aromatic rings. The van der Waals surface area contributed by atoms with Crippen LogP contribution in [0.3, 0.4) is 0 Å². The second kappa shape index (κ2) is 5.91. The van der Waals surface area contributed by atoms with Gasteiger partial charge in [0.25, 0.3) is 0 Å². The maximum absolute atomic E-state index is 14.7. The summed E-state index contributed by atoms with van der Waals surface area (Å²) in [4.78, 5) is 16.6. The lowest BCUT2D eigenvalue weighted by atomic mass is 10.1. The van der Waals surface area contributed by atoms with Crippen LogP contribution in [-0.2, 0) is 0 Å². The highest BCUT2D eigenvalue weighted by atomic mass is 19.1. The Balaban J connectivity index is 1.53. The molecule has 8 nitrogen and oxygen atoms in total. The van der Waals surface area contributed by atoms with Crippen LogP contribution in [0.1, 0.15) is 25.5 Å². The minimum absolute atomic E-state index is 0.0165. The number of aromatic nitrogens is 6. The third-order valence-corrected chi connectivity index (χ3v) is 4.59. The molecule has 0 spiro atoms. The Bertz CT molecular complexity index is 902. The summed E-state index contributed by atoms with van der Waals surface area (Å²) in [5.41, 5.74) is 1.17. The second-order valence-electron chi connectivity index (χ2n) is 6.53. The summed E-state index contributed by atoms with van der Waals surface area (Å²) in [7, 11) is 1.86. The van der Waals surface area contributed by atoms with Crippen LogP contribution >= 0.6 is 0 Å². The first-order valence-electron chi connectivity index (χ1n) is 8.18. The number of hydrogen-bond donors (Lipinski definition) is 0. The van der Waals surface area contributed by atoms with E-state index in [0.29, 0.717) is 11.5 Å². The van der Waals surface area contributed by atoms with Crippen molar-refractivity contribution in [3.63, 3.8) is 0 Å². The van der Waals surface area contributed by atoms with Gasteiger partial charge in [0, 0.05) is 32.5 Å². The van der Waals surface area contributed by atoms with Crippen LogP contribution in [0.2, 0.25) is 0 Å². The number of fused-ring (bicyclic) bond motifs is 1. The zero-order chi connectivity index (χ0) is 17.6. The van der Waals surface area contributed by atoms with Crippen molar-refractivity contribution >= 4 is 17.3 Å². The molecule has 3 aromatic heterocycles. The van der Waals surface area contributed by atoms with Gasteiger partial charge in [-0.25, -0.2) is 19.3 Å². The predicted octanol–water partition coefficient (Wildman–Crippen LogP) is 1.50. The van der Waals surface area contributed by atoms with Crippen molar-refractivity contribution in [2.75, 3.05) is 29.9 Å². The van der Waals surface area contributed by atoms with Crippen LogP contribution in [0.25, 0.3) is 5.65 Å². The summed E-state index contributed by atoms with van der Waals surface area (Å²) in [5.74, 6) is 0.812. The first-order valence-corrected chi connectivity index (χ1v) is 8.18. The maximum Gasteiger partial charge on any atom is 0.203 e. The standard InChI is InChI=1S/C16H19FN8/c1-10(2)13-12(17)14(20-8-19-13)23(3)11-6-25(7-11)15-16-22-21-9-24(16)5-4-18-15/h4-5,8-11H,6-7H2,1-3H3. The van der Waals surface area contributed by atoms with Gasteiger partial charge in [-0.05, 0) is 5.92 Å². The van der Waals surface area contributed by atoms with Crippen molar-refractivity contribution in [1.29, 1.82) is 0 Å². The Morgan fingerprint density at radius 2 is 2.04 bits per heavy atom. The van der Waals surface area contributed by atoms with E-state index in [1.54, 1.807) is 12.5 Å². The zero-order valence-corrected chi connectivity index (χ0v) is 14.3. The SMILES string of the molecule is CC(C)c1ncnc(N(C)C2CN(c3nccn4cnnc34)C2)c1F. The number of nitrogens with zero attached hydrogens (tertiary/aromatic N) is 8. The molecule has 0 aliphatic carbocycles. The summed E-state index contributed by atoms with van der Waals surface area (Å²) in [6.07, 6.45) is 6.61. The average molecular weight is 342 g/mol. The quantitative estimate of drug-likeness (QED) is 0.711. The van der Waals surface area contributed by atoms with E-state index in [4.69, 9.17) is 0 Å². The molecule has 0 atom stereocenters. The van der Waals surface area contributed by atoms with Gasteiger partial charge in [0.15, 0.2) is 17.5 Å². The monoisotopic (exact) mass is 342 g/mol. The first kappa shape index (κ1) is 15.7. The van der Waals surface area contributed by atoms with Crippen LogP contribution in [0.5, 0.6) is 0 Å². The molecule has 4 heterocycles. The smallest absolute Gasteiger partial charge is 0.203 e. The highest BCUT2D eigenvalue weighted by Crippen LogP contribution is 2.29. The highest BCUT2D eigenvalue weighted by Gasteiger charge is 2.34. The van der Waals surface area contributed by atoms with E-state index in [2.05, 4.69) is 30.0 Å². The minimum Gasteiger partial charge on any atom is -0.351 e. The summed E-state index contributed by atoms with van der Waals surface area (Å²) in [6, 6.07) is 0.148. The Kier molecular flexibility index (Phi) is 3.70. The molecule has 4 rings (SSSR count). The van der Waals surface area contributed by atoms with Crippen LogP contribution < -0.4 is 9.80 Å². The molecule has 0 unspecified atom stereocenters. The van der Waals surface area contributed by atoms with E-state index in [1.165, 1.54) is 6.33 Å². The average Bonchev–Trinajstić information content (AvgIpc) is 3.02. The minimum atomic E-state index is -0.337. The van der Waals surface area contributed by atoms with Gasteiger partial charge in [0.1, 0.15) is 12.7 Å². The Morgan fingerprint density at radius 1 is 1.24 bits per heavy atom.